The maximum absolute atomic E-state index is 12.4. The highest BCUT2D eigenvalue weighted by molar-refractivity contribution is 7.13. The van der Waals surface area contributed by atoms with Crippen LogP contribution in [-0.2, 0) is 6.54 Å². The summed E-state index contributed by atoms with van der Waals surface area (Å²) in [6, 6.07) is 5.23. The Balaban J connectivity index is 1.39. The average molecular weight is 359 g/mol. The van der Waals surface area contributed by atoms with E-state index >= 15 is 0 Å². The van der Waals surface area contributed by atoms with Gasteiger partial charge in [0.25, 0.3) is 5.91 Å². The number of hydrogen-bond acceptors (Lipinski definition) is 6. The first kappa shape index (κ1) is 16.4. The fraction of sp³-hybridized carbons (Fsp3) is 0.444. The molecule has 132 valence electrons. The number of nitrogens with zero attached hydrogens (tertiary/aromatic N) is 2. The van der Waals surface area contributed by atoms with E-state index in [-0.39, 0.29) is 5.91 Å². The van der Waals surface area contributed by atoms with Gasteiger partial charge in [-0.3, -0.25) is 15.0 Å². The Morgan fingerprint density at radius 2 is 1.96 bits per heavy atom. The highest BCUT2D eigenvalue weighted by atomic mass is 32.1. The van der Waals surface area contributed by atoms with Crippen LogP contribution < -0.4 is 14.8 Å². The van der Waals surface area contributed by atoms with E-state index in [1.165, 1.54) is 30.6 Å². The number of likely N-dealkylation sites (tertiary alicyclic amines) is 1. The molecule has 0 spiro atoms. The van der Waals surface area contributed by atoms with Gasteiger partial charge in [-0.05, 0) is 44.1 Å². The number of carbonyl (C=O) groups is 1. The Labute approximate surface area is 150 Å². The van der Waals surface area contributed by atoms with E-state index in [2.05, 4.69) is 15.2 Å². The Morgan fingerprint density at radius 3 is 2.80 bits per heavy atom. The molecule has 1 saturated heterocycles. The number of ether oxygens (including phenoxy) is 2. The van der Waals surface area contributed by atoms with Gasteiger partial charge in [-0.25, -0.2) is 4.98 Å². The van der Waals surface area contributed by atoms with E-state index in [0.717, 1.165) is 25.3 Å². The molecular formula is C18H21N3O3S. The van der Waals surface area contributed by atoms with Crippen LogP contribution >= 0.6 is 11.3 Å². The van der Waals surface area contributed by atoms with Crippen molar-refractivity contribution in [3.8, 4) is 11.5 Å². The molecule has 0 radical (unpaired) electrons. The molecule has 6 nitrogen and oxygen atoms in total. The van der Waals surface area contributed by atoms with Gasteiger partial charge in [-0.2, -0.15) is 0 Å². The van der Waals surface area contributed by atoms with Crippen LogP contribution in [0, 0.1) is 0 Å². The second-order valence-electron chi connectivity index (χ2n) is 6.29. The molecule has 0 atom stereocenters. The summed E-state index contributed by atoms with van der Waals surface area (Å²) in [7, 11) is 0. The molecule has 3 heterocycles. The zero-order valence-electron chi connectivity index (χ0n) is 14.0. The van der Waals surface area contributed by atoms with Crippen molar-refractivity contribution in [2.24, 2.45) is 0 Å². The van der Waals surface area contributed by atoms with Crippen LogP contribution in [0.2, 0.25) is 0 Å². The predicted octanol–water partition coefficient (Wildman–Crippen LogP) is 3.15. The molecule has 0 aliphatic carbocycles. The fourth-order valence-electron chi connectivity index (χ4n) is 3.14. The lowest BCUT2D eigenvalue weighted by Gasteiger charge is -2.25. The molecule has 4 rings (SSSR count). The Bertz CT molecular complexity index is 756. The zero-order chi connectivity index (χ0) is 17.1. The average Bonchev–Trinajstić information content (AvgIpc) is 3.09. The van der Waals surface area contributed by atoms with Gasteiger partial charge < -0.3 is 9.47 Å². The van der Waals surface area contributed by atoms with Crippen molar-refractivity contribution in [3.05, 3.63) is 34.8 Å². The van der Waals surface area contributed by atoms with Crippen molar-refractivity contribution in [2.75, 3.05) is 31.6 Å². The van der Waals surface area contributed by atoms with Gasteiger partial charge in [0.15, 0.2) is 16.6 Å². The molecule has 1 aromatic heterocycles. The molecule has 1 amide bonds. The molecule has 2 aromatic rings. The largest absolute Gasteiger partial charge is 0.486 e. The molecule has 25 heavy (non-hydrogen) atoms. The SMILES string of the molecule is O=C(Nc1nc(CN2CCCCC2)cs1)c1ccc2c(c1)OCCO2. The highest BCUT2D eigenvalue weighted by Gasteiger charge is 2.17. The van der Waals surface area contributed by atoms with Crippen molar-refractivity contribution >= 4 is 22.4 Å². The third kappa shape index (κ3) is 3.93. The van der Waals surface area contributed by atoms with Gasteiger partial charge >= 0.3 is 0 Å². The van der Waals surface area contributed by atoms with Crippen molar-refractivity contribution < 1.29 is 14.3 Å². The van der Waals surface area contributed by atoms with Crippen molar-refractivity contribution in [1.82, 2.24) is 9.88 Å². The minimum absolute atomic E-state index is 0.184. The molecule has 7 heteroatoms. The highest BCUT2D eigenvalue weighted by Crippen LogP contribution is 2.31. The number of benzene rings is 1. The Morgan fingerprint density at radius 1 is 1.16 bits per heavy atom. The monoisotopic (exact) mass is 359 g/mol. The second-order valence-corrected chi connectivity index (χ2v) is 7.15. The lowest BCUT2D eigenvalue weighted by atomic mass is 10.1. The van der Waals surface area contributed by atoms with Gasteiger partial charge in [0.2, 0.25) is 0 Å². The summed E-state index contributed by atoms with van der Waals surface area (Å²) in [5.74, 6) is 1.11. The van der Waals surface area contributed by atoms with Gasteiger partial charge in [-0.1, -0.05) is 6.42 Å². The third-order valence-corrected chi connectivity index (χ3v) is 5.22. The summed E-state index contributed by atoms with van der Waals surface area (Å²) in [5.41, 5.74) is 1.56. The van der Waals surface area contributed by atoms with Crippen molar-refractivity contribution in [1.29, 1.82) is 0 Å². The normalized spacial score (nSPS) is 17.3. The van der Waals surface area contributed by atoms with E-state index in [4.69, 9.17) is 9.47 Å². The first-order chi connectivity index (χ1) is 12.3. The Kier molecular flexibility index (Phi) is 4.85. The molecule has 2 aliphatic rings. The van der Waals surface area contributed by atoms with E-state index in [1.807, 2.05) is 5.38 Å². The molecular weight excluding hydrogens is 338 g/mol. The first-order valence-electron chi connectivity index (χ1n) is 8.66. The Hall–Kier alpha value is -2.12. The van der Waals surface area contributed by atoms with Crippen LogP contribution in [0.15, 0.2) is 23.6 Å². The molecule has 2 aliphatic heterocycles. The molecule has 0 unspecified atom stereocenters. The summed E-state index contributed by atoms with van der Waals surface area (Å²) in [6.45, 7) is 4.17. The fourth-order valence-corrected chi connectivity index (χ4v) is 3.83. The quantitative estimate of drug-likeness (QED) is 0.908. The molecule has 1 fully saturated rings. The number of rotatable bonds is 4. The topological polar surface area (TPSA) is 63.7 Å². The first-order valence-corrected chi connectivity index (χ1v) is 9.54. The molecule has 0 saturated carbocycles. The summed E-state index contributed by atoms with van der Waals surface area (Å²) in [6.07, 6.45) is 3.85. The maximum atomic E-state index is 12.4. The van der Waals surface area contributed by atoms with Gasteiger partial charge in [0.1, 0.15) is 13.2 Å². The predicted molar refractivity (Wildman–Crippen MR) is 96.6 cm³/mol. The minimum Gasteiger partial charge on any atom is -0.486 e. The van der Waals surface area contributed by atoms with E-state index in [0.29, 0.717) is 35.4 Å². The molecule has 1 aromatic carbocycles. The number of nitrogens with one attached hydrogen (secondary N) is 1. The summed E-state index contributed by atoms with van der Waals surface area (Å²) in [5, 5.41) is 5.53. The number of amides is 1. The van der Waals surface area contributed by atoms with Gasteiger partial charge in [-0.15, -0.1) is 11.3 Å². The number of hydrogen-bond donors (Lipinski definition) is 1. The van der Waals surface area contributed by atoms with Crippen LogP contribution in [0.3, 0.4) is 0 Å². The van der Waals surface area contributed by atoms with Gasteiger partial charge in [0.05, 0.1) is 5.69 Å². The summed E-state index contributed by atoms with van der Waals surface area (Å²) in [4.78, 5) is 19.4. The second kappa shape index (κ2) is 7.41. The van der Waals surface area contributed by atoms with Crippen molar-refractivity contribution in [3.63, 3.8) is 0 Å². The third-order valence-electron chi connectivity index (χ3n) is 4.41. The van der Waals surface area contributed by atoms with Crippen molar-refractivity contribution in [2.45, 2.75) is 25.8 Å². The van der Waals surface area contributed by atoms with E-state index < -0.39 is 0 Å². The van der Waals surface area contributed by atoms with Crippen LogP contribution in [-0.4, -0.2) is 42.1 Å². The van der Waals surface area contributed by atoms with E-state index in [9.17, 15) is 4.79 Å². The molecule has 1 N–H and O–H groups in total. The number of fused-ring (bicyclic) bond motifs is 1. The maximum Gasteiger partial charge on any atom is 0.257 e. The lowest BCUT2D eigenvalue weighted by Crippen LogP contribution is -2.29. The van der Waals surface area contributed by atoms with E-state index in [1.54, 1.807) is 18.2 Å². The van der Waals surface area contributed by atoms with Crippen LogP contribution in [0.4, 0.5) is 5.13 Å². The van der Waals surface area contributed by atoms with Crippen LogP contribution in [0.25, 0.3) is 0 Å². The minimum atomic E-state index is -0.184. The number of thiazole rings is 1. The number of anilines is 1. The standard InChI is InChI=1S/C18H21N3O3S/c22-17(13-4-5-15-16(10-13)24-9-8-23-15)20-18-19-14(12-25-18)11-21-6-2-1-3-7-21/h4-5,10,12H,1-3,6-9,11H2,(H,19,20,22). The number of piperidine rings is 1. The van der Waals surface area contributed by atoms with Gasteiger partial charge in [0, 0.05) is 17.5 Å². The number of aromatic nitrogens is 1. The summed E-state index contributed by atoms with van der Waals surface area (Å²) >= 11 is 1.46. The van der Waals surface area contributed by atoms with Crippen LogP contribution in [0.1, 0.15) is 35.3 Å². The molecule has 0 bridgehead atoms. The van der Waals surface area contributed by atoms with Crippen LogP contribution in [0.5, 0.6) is 11.5 Å². The summed E-state index contributed by atoms with van der Waals surface area (Å²) < 4.78 is 11.0. The smallest absolute Gasteiger partial charge is 0.257 e. The number of carbonyl (C=O) groups excluding carboxylic acids is 1. The lowest BCUT2D eigenvalue weighted by molar-refractivity contribution is 0.102. The zero-order valence-corrected chi connectivity index (χ0v) is 14.8.